The summed E-state index contributed by atoms with van der Waals surface area (Å²) < 4.78 is 0.103. The van der Waals surface area contributed by atoms with Crippen LogP contribution in [-0.4, -0.2) is 52.2 Å². The molecular weight excluding hydrogens is 382 g/mol. The van der Waals surface area contributed by atoms with Gasteiger partial charge in [0, 0.05) is 16.0 Å². The normalized spacial score (nSPS) is 11.8. The number of hydrogen-bond donors (Lipinski definition) is 6. The Balaban J connectivity index is 2.16. The molecule has 1 atom stereocenters. The Morgan fingerprint density at radius 3 is 2.43 bits per heavy atom. The van der Waals surface area contributed by atoms with E-state index in [-0.39, 0.29) is 21.7 Å². The van der Waals surface area contributed by atoms with Gasteiger partial charge >= 0.3 is 14.2 Å². The largest absolute Gasteiger partial charge is 0.499 e. The Morgan fingerprint density at radius 2 is 1.82 bits per heavy atom. The molecule has 28 heavy (non-hydrogen) atoms. The molecule has 6 N–H and O–H groups in total. The molecule has 11 heteroatoms. The van der Waals surface area contributed by atoms with Crippen molar-refractivity contribution in [1.82, 2.24) is 5.32 Å². The predicted molar refractivity (Wildman–Crippen MR) is 110 cm³/mol. The molecule has 0 aliphatic carbocycles. The number of anilines is 1. The third-order valence-corrected chi connectivity index (χ3v) is 4.91. The lowest BCUT2D eigenvalue weighted by molar-refractivity contribution is -0.118. The predicted octanol–water partition coefficient (Wildman–Crippen LogP) is -1.11. The van der Waals surface area contributed by atoms with Gasteiger partial charge in [-0.1, -0.05) is 26.0 Å². The maximum atomic E-state index is 12.7. The molecule has 0 spiro atoms. The summed E-state index contributed by atoms with van der Waals surface area (Å²) in [5, 5.41) is 44.1. The molecule has 0 saturated heterocycles. The molecule has 148 valence electrons. The summed E-state index contributed by atoms with van der Waals surface area (Å²) >= 11 is 1.03. The van der Waals surface area contributed by atoms with E-state index in [4.69, 9.17) is 0 Å². The number of benzene rings is 1. The number of thiophene rings is 1. The molecule has 0 fully saturated rings. The molecule has 1 aromatic carbocycles. The third kappa shape index (κ3) is 5.91. The van der Waals surface area contributed by atoms with Crippen molar-refractivity contribution in [3.8, 4) is 0 Å². The van der Waals surface area contributed by atoms with Crippen molar-refractivity contribution < 1.29 is 29.7 Å². The highest BCUT2D eigenvalue weighted by atomic mass is 32.1. The van der Waals surface area contributed by atoms with Crippen LogP contribution in [0, 0.1) is 5.92 Å². The van der Waals surface area contributed by atoms with Crippen molar-refractivity contribution in [3.63, 3.8) is 0 Å². The molecule has 0 aliphatic heterocycles. The zero-order valence-corrected chi connectivity index (χ0v) is 16.3. The lowest BCUT2D eigenvalue weighted by Crippen LogP contribution is -2.46. The van der Waals surface area contributed by atoms with Crippen LogP contribution >= 0.6 is 11.3 Å². The molecular formula is C17H22B2N2O6S. The van der Waals surface area contributed by atoms with Gasteiger partial charge in [0.15, 0.2) is 0 Å². The number of carbonyl (C=O) groups is 2. The zero-order chi connectivity index (χ0) is 20.8. The highest BCUT2D eigenvalue weighted by molar-refractivity contribution is 7.21. The topological polar surface area (TPSA) is 139 Å². The Morgan fingerprint density at radius 1 is 1.11 bits per heavy atom. The second-order valence-electron chi connectivity index (χ2n) is 6.72. The van der Waals surface area contributed by atoms with Crippen LogP contribution in [0.15, 0.2) is 35.7 Å². The first-order valence-electron chi connectivity index (χ1n) is 8.70. The van der Waals surface area contributed by atoms with E-state index in [1.807, 2.05) is 13.8 Å². The van der Waals surface area contributed by atoms with E-state index in [0.717, 1.165) is 11.3 Å². The van der Waals surface area contributed by atoms with E-state index in [0.29, 0.717) is 12.1 Å². The van der Waals surface area contributed by atoms with Crippen molar-refractivity contribution in [1.29, 1.82) is 0 Å². The van der Waals surface area contributed by atoms with E-state index in [9.17, 15) is 29.7 Å². The van der Waals surface area contributed by atoms with Crippen LogP contribution in [0.3, 0.4) is 0 Å². The molecule has 0 aliphatic rings. The fourth-order valence-corrected chi connectivity index (χ4v) is 3.41. The number of carbonyl (C=O) groups excluding carboxylic acids is 2. The van der Waals surface area contributed by atoms with Gasteiger partial charge in [-0.25, -0.2) is 0 Å². The number of rotatable bonds is 8. The Hall–Kier alpha value is -2.17. The smallest absolute Gasteiger partial charge is 0.423 e. The van der Waals surface area contributed by atoms with Gasteiger partial charge in [-0.05, 0) is 41.4 Å². The van der Waals surface area contributed by atoms with Crippen LogP contribution in [0.5, 0.6) is 0 Å². The summed E-state index contributed by atoms with van der Waals surface area (Å²) in [6.07, 6.45) is 0.362. The van der Waals surface area contributed by atoms with Crippen molar-refractivity contribution in [3.05, 3.63) is 41.3 Å². The van der Waals surface area contributed by atoms with E-state index < -0.39 is 32.1 Å². The van der Waals surface area contributed by atoms with Gasteiger partial charge in [-0.2, -0.15) is 11.3 Å². The monoisotopic (exact) mass is 404 g/mol. The number of hydrogen-bond acceptors (Lipinski definition) is 7. The molecule has 0 saturated carbocycles. The highest BCUT2D eigenvalue weighted by Gasteiger charge is 2.27. The molecule has 0 bridgehead atoms. The van der Waals surface area contributed by atoms with Gasteiger partial charge in [0.05, 0.1) is 0 Å². The van der Waals surface area contributed by atoms with Crippen molar-refractivity contribution in [2.75, 3.05) is 5.32 Å². The lowest BCUT2D eigenvalue weighted by atomic mass is 9.80. The zero-order valence-electron chi connectivity index (χ0n) is 15.5. The third-order valence-electron chi connectivity index (χ3n) is 3.96. The number of amides is 2. The quantitative estimate of drug-likeness (QED) is 0.309. The molecule has 2 rings (SSSR count). The van der Waals surface area contributed by atoms with Crippen molar-refractivity contribution in [2.45, 2.75) is 26.3 Å². The van der Waals surface area contributed by atoms with Gasteiger partial charge in [-0.15, -0.1) is 0 Å². The van der Waals surface area contributed by atoms with Gasteiger partial charge in [-0.3, -0.25) is 9.59 Å². The highest BCUT2D eigenvalue weighted by Crippen LogP contribution is 2.12. The Labute approximate surface area is 167 Å². The van der Waals surface area contributed by atoms with Crippen molar-refractivity contribution in [2.24, 2.45) is 5.92 Å². The average Bonchev–Trinajstić information content (AvgIpc) is 3.11. The van der Waals surface area contributed by atoms with E-state index in [2.05, 4.69) is 10.6 Å². The first-order chi connectivity index (χ1) is 13.2. The first kappa shape index (κ1) is 22.1. The van der Waals surface area contributed by atoms with Gasteiger partial charge in [0.1, 0.15) is 6.04 Å². The molecule has 0 radical (unpaired) electrons. The fraction of sp³-hybridized carbons (Fsp3) is 0.294. The Bertz CT molecular complexity index is 827. The van der Waals surface area contributed by atoms with E-state index in [1.54, 1.807) is 17.5 Å². The first-order valence-corrected chi connectivity index (χ1v) is 9.58. The number of nitrogens with one attached hydrogen (secondary N) is 2. The fourth-order valence-electron chi connectivity index (χ4n) is 2.65. The minimum atomic E-state index is -1.77. The second-order valence-corrected chi connectivity index (χ2v) is 7.66. The minimum absolute atomic E-state index is 0.103. The molecule has 1 heterocycles. The maximum Gasteiger partial charge on any atom is 0.499 e. The summed E-state index contributed by atoms with van der Waals surface area (Å²) in [5.74, 6) is -0.940. The van der Waals surface area contributed by atoms with Crippen LogP contribution < -0.4 is 20.9 Å². The van der Waals surface area contributed by atoms with E-state index in [1.165, 1.54) is 18.2 Å². The Kier molecular flexibility index (Phi) is 7.78. The molecule has 8 nitrogen and oxygen atoms in total. The summed E-state index contributed by atoms with van der Waals surface area (Å²) in [7, 11) is -3.43. The van der Waals surface area contributed by atoms with Gasteiger partial charge < -0.3 is 30.7 Å². The summed E-state index contributed by atoms with van der Waals surface area (Å²) in [4.78, 5) is 25.3. The summed E-state index contributed by atoms with van der Waals surface area (Å²) in [5.41, 5.74) is 0.689. The SMILES string of the molecule is CC(C)C[C@H](NC(=O)c1ccsc1B(O)O)C(=O)Nc1cccc(B(O)O)c1. The van der Waals surface area contributed by atoms with E-state index >= 15 is 0 Å². The molecule has 1 aromatic heterocycles. The van der Waals surface area contributed by atoms with Crippen LogP contribution in [0.1, 0.15) is 30.6 Å². The van der Waals surface area contributed by atoms with Crippen LogP contribution in [0.25, 0.3) is 0 Å². The molecule has 2 aromatic rings. The lowest BCUT2D eigenvalue weighted by Gasteiger charge is -2.20. The van der Waals surface area contributed by atoms with Crippen molar-refractivity contribution >= 4 is 53.3 Å². The van der Waals surface area contributed by atoms with Gasteiger partial charge in [0.25, 0.3) is 5.91 Å². The maximum absolute atomic E-state index is 12.7. The van der Waals surface area contributed by atoms with Crippen LogP contribution in [0.4, 0.5) is 5.69 Å². The molecule has 0 unspecified atom stereocenters. The molecule has 2 amide bonds. The average molecular weight is 404 g/mol. The van der Waals surface area contributed by atoms with Crippen LogP contribution in [0.2, 0.25) is 0 Å². The van der Waals surface area contributed by atoms with Gasteiger partial charge in [0.2, 0.25) is 5.91 Å². The summed E-state index contributed by atoms with van der Waals surface area (Å²) in [6, 6.07) is 6.70. The minimum Gasteiger partial charge on any atom is -0.423 e. The summed E-state index contributed by atoms with van der Waals surface area (Å²) in [6.45, 7) is 3.81. The standard InChI is InChI=1S/C17H22B2N2O6S/c1-10(2)8-14(21-16(22)13-6-7-28-15(13)19(26)27)17(23)20-12-5-3-4-11(9-12)18(24)25/h3-7,9-10,14,24-27H,8H2,1-2H3,(H,20,23)(H,21,22)/t14-/m0/s1. The second kappa shape index (κ2) is 9.85. The van der Waals surface area contributed by atoms with Crippen LogP contribution in [-0.2, 0) is 4.79 Å².